The van der Waals surface area contributed by atoms with Gasteiger partial charge in [0.25, 0.3) is 5.91 Å². The number of carbonyl (C=O) groups excluding carboxylic acids is 1. The molecule has 0 aliphatic heterocycles. The Hall–Kier alpha value is -2.18. The van der Waals surface area contributed by atoms with Crippen molar-refractivity contribution in [1.82, 2.24) is 14.8 Å². The summed E-state index contributed by atoms with van der Waals surface area (Å²) >= 11 is 7.65. The van der Waals surface area contributed by atoms with Crippen LogP contribution in [0.15, 0.2) is 36.9 Å². The third-order valence-corrected chi connectivity index (χ3v) is 4.36. The number of hydrogen-bond acceptors (Lipinski definition) is 4. The highest BCUT2D eigenvalue weighted by atomic mass is 35.5. The Balaban J connectivity index is 1.96. The van der Waals surface area contributed by atoms with Gasteiger partial charge in [0.1, 0.15) is 12.7 Å². The van der Waals surface area contributed by atoms with E-state index in [1.165, 1.54) is 6.33 Å². The second-order valence-corrected chi connectivity index (χ2v) is 6.68. The zero-order valence-corrected chi connectivity index (χ0v) is 13.6. The maximum Gasteiger partial charge on any atom is 0.256 e. The summed E-state index contributed by atoms with van der Waals surface area (Å²) in [5.41, 5.74) is 1.97. The van der Waals surface area contributed by atoms with Gasteiger partial charge in [-0.25, -0.2) is 9.67 Å². The molecule has 0 atom stereocenters. The average molecular weight is 333 g/mol. The minimum Gasteiger partial charge on any atom is -0.320 e. The maximum absolute atomic E-state index is 12.5. The summed E-state index contributed by atoms with van der Waals surface area (Å²) in [7, 11) is 0. The third kappa shape index (κ3) is 2.88. The lowest BCUT2D eigenvalue weighted by atomic mass is 10.2. The highest BCUT2D eigenvalue weighted by molar-refractivity contribution is 7.12. The van der Waals surface area contributed by atoms with Gasteiger partial charge in [0.2, 0.25) is 0 Å². The highest BCUT2D eigenvalue weighted by Crippen LogP contribution is 2.26. The van der Waals surface area contributed by atoms with Gasteiger partial charge in [-0.3, -0.25) is 4.79 Å². The van der Waals surface area contributed by atoms with Gasteiger partial charge in [-0.05, 0) is 38.1 Å². The van der Waals surface area contributed by atoms with Crippen molar-refractivity contribution in [2.75, 3.05) is 5.32 Å². The topological polar surface area (TPSA) is 59.8 Å². The van der Waals surface area contributed by atoms with Gasteiger partial charge >= 0.3 is 0 Å². The zero-order chi connectivity index (χ0) is 15.7. The molecule has 1 aromatic carbocycles. The molecule has 0 bridgehead atoms. The Bertz CT molecular complexity index is 826. The number of aromatic nitrogens is 3. The number of hydrogen-bond donors (Lipinski definition) is 1. The van der Waals surface area contributed by atoms with Crippen molar-refractivity contribution < 1.29 is 4.79 Å². The molecular weight excluding hydrogens is 320 g/mol. The van der Waals surface area contributed by atoms with Gasteiger partial charge in [0.15, 0.2) is 0 Å². The average Bonchev–Trinajstić information content (AvgIpc) is 3.08. The summed E-state index contributed by atoms with van der Waals surface area (Å²) in [6.45, 7) is 3.91. The van der Waals surface area contributed by atoms with E-state index >= 15 is 0 Å². The molecule has 0 aliphatic carbocycles. The first-order valence-electron chi connectivity index (χ1n) is 6.57. The van der Waals surface area contributed by atoms with Crippen molar-refractivity contribution in [3.63, 3.8) is 0 Å². The van der Waals surface area contributed by atoms with Crippen molar-refractivity contribution >= 4 is 34.5 Å². The number of anilines is 1. The molecule has 7 heteroatoms. The molecule has 0 saturated carbocycles. The van der Waals surface area contributed by atoms with E-state index in [2.05, 4.69) is 15.4 Å². The van der Waals surface area contributed by atoms with Crippen LogP contribution in [-0.4, -0.2) is 20.7 Å². The predicted molar refractivity (Wildman–Crippen MR) is 88.1 cm³/mol. The van der Waals surface area contributed by atoms with Crippen molar-refractivity contribution in [2.45, 2.75) is 13.8 Å². The van der Waals surface area contributed by atoms with Gasteiger partial charge in [0.05, 0.1) is 16.9 Å². The lowest BCUT2D eigenvalue weighted by molar-refractivity contribution is 0.102. The monoisotopic (exact) mass is 332 g/mol. The van der Waals surface area contributed by atoms with Crippen molar-refractivity contribution in [3.8, 4) is 5.69 Å². The zero-order valence-electron chi connectivity index (χ0n) is 12.0. The minimum atomic E-state index is -0.162. The normalized spacial score (nSPS) is 10.7. The quantitative estimate of drug-likeness (QED) is 0.792. The number of nitrogens with zero attached hydrogens (tertiary/aromatic N) is 3. The van der Waals surface area contributed by atoms with Gasteiger partial charge in [-0.1, -0.05) is 11.6 Å². The van der Waals surface area contributed by atoms with Gasteiger partial charge in [-0.2, -0.15) is 5.10 Å². The summed E-state index contributed by atoms with van der Waals surface area (Å²) in [4.78, 5) is 18.5. The number of aryl methyl sites for hydroxylation is 2. The Labute approximate surface area is 136 Å². The van der Waals surface area contributed by atoms with Crippen LogP contribution >= 0.6 is 22.9 Å². The summed E-state index contributed by atoms with van der Waals surface area (Å²) in [6, 6.07) is 7.12. The lowest BCUT2D eigenvalue weighted by Crippen LogP contribution is -2.14. The van der Waals surface area contributed by atoms with E-state index in [0.717, 1.165) is 9.75 Å². The second-order valence-electron chi connectivity index (χ2n) is 4.78. The summed E-state index contributed by atoms with van der Waals surface area (Å²) in [5.74, 6) is -0.162. The van der Waals surface area contributed by atoms with E-state index in [1.807, 2.05) is 19.9 Å². The van der Waals surface area contributed by atoms with E-state index in [-0.39, 0.29) is 5.91 Å². The Morgan fingerprint density at radius 3 is 2.77 bits per heavy atom. The number of carbonyl (C=O) groups is 1. The number of benzene rings is 1. The van der Waals surface area contributed by atoms with E-state index in [1.54, 1.807) is 40.5 Å². The molecule has 3 aromatic rings. The molecule has 1 amide bonds. The molecule has 0 fully saturated rings. The SMILES string of the molecule is Cc1cc(C(=O)Nc2cc(Cl)ccc2-n2cncn2)c(C)s1. The smallest absolute Gasteiger partial charge is 0.256 e. The van der Waals surface area contributed by atoms with Crippen LogP contribution in [-0.2, 0) is 0 Å². The number of halogens is 1. The molecule has 0 radical (unpaired) electrons. The first-order chi connectivity index (χ1) is 10.5. The highest BCUT2D eigenvalue weighted by Gasteiger charge is 2.15. The van der Waals surface area contributed by atoms with E-state index in [9.17, 15) is 4.79 Å². The molecule has 1 N–H and O–H groups in total. The molecule has 0 unspecified atom stereocenters. The predicted octanol–water partition coefficient (Wildman–Crippen LogP) is 3.85. The molecule has 5 nitrogen and oxygen atoms in total. The van der Waals surface area contributed by atoms with Crippen LogP contribution in [0.25, 0.3) is 5.69 Å². The fourth-order valence-corrected chi connectivity index (χ4v) is 3.28. The van der Waals surface area contributed by atoms with Crippen molar-refractivity contribution in [1.29, 1.82) is 0 Å². The number of nitrogens with one attached hydrogen (secondary N) is 1. The summed E-state index contributed by atoms with van der Waals surface area (Å²) < 4.78 is 1.58. The second kappa shape index (κ2) is 5.90. The Kier molecular flexibility index (Phi) is 3.96. The minimum absolute atomic E-state index is 0.162. The molecule has 0 spiro atoms. The molecule has 0 aliphatic rings. The molecule has 22 heavy (non-hydrogen) atoms. The van der Waals surface area contributed by atoms with Gasteiger partial charge in [-0.15, -0.1) is 11.3 Å². The number of thiophene rings is 1. The molecule has 0 saturated heterocycles. The van der Waals surface area contributed by atoms with E-state index in [0.29, 0.717) is 22.0 Å². The van der Waals surface area contributed by atoms with Crippen LogP contribution < -0.4 is 5.32 Å². The van der Waals surface area contributed by atoms with Crippen LogP contribution in [0.1, 0.15) is 20.1 Å². The van der Waals surface area contributed by atoms with Crippen LogP contribution in [0.3, 0.4) is 0 Å². The molecular formula is C15H13ClN4OS. The van der Waals surface area contributed by atoms with Crippen LogP contribution in [0.2, 0.25) is 5.02 Å². The molecule has 112 valence electrons. The first kappa shape index (κ1) is 14.7. The Morgan fingerprint density at radius 2 is 2.14 bits per heavy atom. The maximum atomic E-state index is 12.5. The van der Waals surface area contributed by atoms with Gasteiger partial charge in [0, 0.05) is 14.8 Å². The molecule has 3 rings (SSSR count). The molecule has 2 heterocycles. The summed E-state index contributed by atoms with van der Waals surface area (Å²) in [5, 5.41) is 7.54. The van der Waals surface area contributed by atoms with Crippen LogP contribution in [0.5, 0.6) is 0 Å². The largest absolute Gasteiger partial charge is 0.320 e. The van der Waals surface area contributed by atoms with Crippen LogP contribution in [0, 0.1) is 13.8 Å². The van der Waals surface area contributed by atoms with Gasteiger partial charge < -0.3 is 5.32 Å². The van der Waals surface area contributed by atoms with E-state index in [4.69, 9.17) is 11.6 Å². The van der Waals surface area contributed by atoms with Crippen molar-refractivity contribution in [3.05, 3.63) is 57.3 Å². The standard InChI is InChI=1S/C15H13ClN4OS/c1-9-5-12(10(2)22-9)15(21)19-13-6-11(16)3-4-14(13)20-8-17-7-18-20/h3-8H,1-2H3,(H,19,21). The van der Waals surface area contributed by atoms with Crippen LogP contribution in [0.4, 0.5) is 5.69 Å². The lowest BCUT2D eigenvalue weighted by Gasteiger charge is -2.11. The fraction of sp³-hybridized carbons (Fsp3) is 0.133. The summed E-state index contributed by atoms with van der Waals surface area (Å²) in [6.07, 6.45) is 3.01. The Morgan fingerprint density at radius 1 is 1.32 bits per heavy atom. The fourth-order valence-electron chi connectivity index (χ4n) is 2.19. The molecule has 2 aromatic heterocycles. The third-order valence-electron chi connectivity index (χ3n) is 3.16. The first-order valence-corrected chi connectivity index (χ1v) is 7.77. The number of amides is 1. The van der Waals surface area contributed by atoms with Crippen molar-refractivity contribution in [2.24, 2.45) is 0 Å². The number of rotatable bonds is 3. The van der Waals surface area contributed by atoms with E-state index < -0.39 is 0 Å².